The molecule has 1 heterocycles. The minimum Gasteiger partial charge on any atom is -0.424 e. The molecule has 1 unspecified atom stereocenters. The number of nitriles is 1. The number of benzene rings is 1. The van der Waals surface area contributed by atoms with E-state index in [1.165, 1.54) is 6.92 Å². The molecule has 1 aromatic rings. The van der Waals surface area contributed by atoms with E-state index in [2.05, 4.69) is 26.2 Å². The van der Waals surface area contributed by atoms with Crippen molar-refractivity contribution in [3.8, 4) is 11.8 Å². The highest BCUT2D eigenvalue weighted by atomic mass is 79.9. The Morgan fingerprint density at radius 3 is 2.59 bits per heavy atom. The second-order valence-corrected chi connectivity index (χ2v) is 5.59. The summed E-state index contributed by atoms with van der Waals surface area (Å²) in [5.41, 5.74) is -1.34. The Hall–Kier alpha value is -2.33. The molecule has 0 fully saturated rings. The average molecular weight is 362 g/mol. The summed E-state index contributed by atoms with van der Waals surface area (Å²) in [6, 6.07) is 8.50. The van der Waals surface area contributed by atoms with E-state index in [0.29, 0.717) is 5.75 Å². The highest BCUT2D eigenvalue weighted by Gasteiger charge is 2.46. The molecule has 1 amide bonds. The van der Waals surface area contributed by atoms with Gasteiger partial charge in [0.15, 0.2) is 0 Å². The number of hydrogen-bond donors (Lipinski definition) is 0. The average Bonchev–Trinajstić information content (AvgIpc) is 2.51. The van der Waals surface area contributed by atoms with Crippen LogP contribution in [0.3, 0.4) is 0 Å². The highest BCUT2D eigenvalue weighted by molar-refractivity contribution is 9.10. The Labute approximate surface area is 135 Å². The summed E-state index contributed by atoms with van der Waals surface area (Å²) in [5, 5.41) is 16.3. The molecule has 0 N–H and O–H groups in total. The predicted octanol–water partition coefficient (Wildman–Crippen LogP) is 3.34. The molecular weight excluding hydrogens is 350 g/mol. The fraction of sp³-hybridized carbons (Fsp3) is 0.267. The number of nitrogens with zero attached hydrogens (tertiary/aromatic N) is 3. The van der Waals surface area contributed by atoms with Crippen LogP contribution in [0.5, 0.6) is 5.75 Å². The zero-order valence-corrected chi connectivity index (χ0v) is 13.5. The van der Waals surface area contributed by atoms with Crippen molar-refractivity contribution in [1.82, 2.24) is 0 Å². The zero-order valence-electron chi connectivity index (χ0n) is 12.0. The van der Waals surface area contributed by atoms with E-state index < -0.39 is 17.4 Å². The van der Waals surface area contributed by atoms with Gasteiger partial charge in [-0.1, -0.05) is 22.9 Å². The van der Waals surface area contributed by atoms with Crippen LogP contribution in [0.4, 0.5) is 0 Å². The van der Waals surface area contributed by atoms with Crippen LogP contribution >= 0.6 is 15.9 Å². The maximum atomic E-state index is 12.5. The van der Waals surface area contributed by atoms with E-state index in [9.17, 15) is 9.59 Å². The van der Waals surface area contributed by atoms with Gasteiger partial charge in [-0.2, -0.15) is 10.4 Å². The number of amides is 1. The van der Waals surface area contributed by atoms with Crippen molar-refractivity contribution in [2.24, 2.45) is 10.2 Å². The molecule has 1 aliphatic heterocycles. The Morgan fingerprint density at radius 1 is 1.41 bits per heavy atom. The molecule has 0 aromatic heterocycles. The predicted molar refractivity (Wildman–Crippen MR) is 81.0 cm³/mol. The van der Waals surface area contributed by atoms with E-state index in [1.807, 2.05) is 0 Å². The van der Waals surface area contributed by atoms with Crippen LogP contribution in [-0.4, -0.2) is 17.4 Å². The molecule has 22 heavy (non-hydrogen) atoms. The number of ether oxygens (including phenoxy) is 1. The molecule has 0 saturated carbocycles. The maximum absolute atomic E-state index is 12.5. The van der Waals surface area contributed by atoms with Gasteiger partial charge in [-0.05, 0) is 43.2 Å². The minimum atomic E-state index is -1.44. The topological polar surface area (TPSA) is 91.9 Å². The Bertz CT molecular complexity index is 731. The number of hydrogen-bond acceptors (Lipinski definition) is 5. The van der Waals surface area contributed by atoms with E-state index in [4.69, 9.17) is 10.00 Å². The van der Waals surface area contributed by atoms with Crippen LogP contribution in [0.15, 0.2) is 50.1 Å². The molecule has 0 aliphatic carbocycles. The summed E-state index contributed by atoms with van der Waals surface area (Å²) in [4.78, 5) is 24.1. The molecule has 0 radical (unpaired) electrons. The number of esters is 1. The SMILES string of the molecule is CCC1(C(=O)Oc2ccc(Br)cc2)N=NC(=O)C(C#N)=C1C. The Morgan fingerprint density at radius 2 is 2.05 bits per heavy atom. The first-order valence-corrected chi connectivity index (χ1v) is 7.30. The lowest BCUT2D eigenvalue weighted by Gasteiger charge is -2.28. The molecule has 1 aromatic carbocycles. The summed E-state index contributed by atoms with van der Waals surface area (Å²) in [7, 11) is 0. The van der Waals surface area contributed by atoms with E-state index >= 15 is 0 Å². The van der Waals surface area contributed by atoms with Crippen LogP contribution in [0.25, 0.3) is 0 Å². The lowest BCUT2D eigenvalue weighted by molar-refractivity contribution is -0.139. The van der Waals surface area contributed by atoms with Crippen molar-refractivity contribution >= 4 is 27.8 Å². The molecule has 112 valence electrons. The molecule has 0 saturated heterocycles. The first kappa shape index (κ1) is 16.0. The normalized spacial score (nSPS) is 20.7. The van der Waals surface area contributed by atoms with Gasteiger partial charge in [0.1, 0.15) is 17.4 Å². The molecule has 6 nitrogen and oxygen atoms in total. The largest absolute Gasteiger partial charge is 0.424 e. The molecular formula is C15H12BrN3O3. The van der Waals surface area contributed by atoms with Crippen molar-refractivity contribution in [2.45, 2.75) is 25.8 Å². The third kappa shape index (κ3) is 2.70. The van der Waals surface area contributed by atoms with Gasteiger partial charge in [-0.25, -0.2) is 4.79 Å². The van der Waals surface area contributed by atoms with Gasteiger partial charge in [-0.3, -0.25) is 4.79 Å². The number of carbonyl (C=O) groups excluding carboxylic acids is 2. The van der Waals surface area contributed by atoms with Gasteiger partial charge in [0.05, 0.1) is 0 Å². The highest BCUT2D eigenvalue weighted by Crippen LogP contribution is 2.34. The summed E-state index contributed by atoms with van der Waals surface area (Å²) in [5.74, 6) is -1.06. The van der Waals surface area contributed by atoms with E-state index in [0.717, 1.165) is 4.47 Å². The number of carbonyl (C=O) groups is 2. The summed E-state index contributed by atoms with van der Waals surface area (Å²) < 4.78 is 6.18. The fourth-order valence-electron chi connectivity index (χ4n) is 2.12. The van der Waals surface area contributed by atoms with Crippen LogP contribution in [0, 0.1) is 11.3 Å². The molecule has 1 atom stereocenters. The quantitative estimate of drug-likeness (QED) is 0.609. The van der Waals surface area contributed by atoms with Crippen LogP contribution in [0.2, 0.25) is 0 Å². The number of azo groups is 1. The molecule has 2 rings (SSSR count). The van der Waals surface area contributed by atoms with Crippen molar-refractivity contribution in [3.05, 3.63) is 39.9 Å². The lowest BCUT2D eigenvalue weighted by Crippen LogP contribution is -2.43. The molecule has 1 aliphatic rings. The van der Waals surface area contributed by atoms with Gasteiger partial charge in [0.2, 0.25) is 5.54 Å². The zero-order chi connectivity index (χ0) is 16.3. The summed E-state index contributed by atoms with van der Waals surface area (Å²) >= 11 is 3.29. The van der Waals surface area contributed by atoms with Crippen molar-refractivity contribution in [3.63, 3.8) is 0 Å². The summed E-state index contributed by atoms with van der Waals surface area (Å²) in [6.07, 6.45) is 0.232. The Balaban J connectivity index is 2.38. The van der Waals surface area contributed by atoms with Gasteiger partial charge in [0, 0.05) is 4.47 Å². The first-order valence-electron chi connectivity index (χ1n) is 6.51. The van der Waals surface area contributed by atoms with Crippen LogP contribution < -0.4 is 4.74 Å². The summed E-state index contributed by atoms with van der Waals surface area (Å²) in [6.45, 7) is 3.25. The standard InChI is InChI=1S/C15H12BrN3O3/c1-3-15(9(2)12(8-17)13(20)18-19-15)14(21)22-11-6-4-10(16)5-7-11/h4-7H,3H2,1-2H3. The molecule has 7 heteroatoms. The third-order valence-electron chi connectivity index (χ3n) is 3.51. The van der Waals surface area contributed by atoms with E-state index in [-0.39, 0.29) is 17.6 Å². The maximum Gasteiger partial charge on any atom is 0.345 e. The van der Waals surface area contributed by atoms with Crippen molar-refractivity contribution < 1.29 is 14.3 Å². The number of halogens is 1. The monoisotopic (exact) mass is 361 g/mol. The number of rotatable bonds is 3. The van der Waals surface area contributed by atoms with Gasteiger partial charge in [0.25, 0.3) is 0 Å². The minimum absolute atomic E-state index is 0.162. The smallest absolute Gasteiger partial charge is 0.345 e. The van der Waals surface area contributed by atoms with Gasteiger partial charge >= 0.3 is 11.9 Å². The van der Waals surface area contributed by atoms with Crippen molar-refractivity contribution in [2.75, 3.05) is 0 Å². The molecule has 0 bridgehead atoms. The third-order valence-corrected chi connectivity index (χ3v) is 4.03. The van der Waals surface area contributed by atoms with Crippen LogP contribution in [0.1, 0.15) is 20.3 Å². The lowest BCUT2D eigenvalue weighted by atomic mass is 9.84. The van der Waals surface area contributed by atoms with Crippen LogP contribution in [-0.2, 0) is 9.59 Å². The van der Waals surface area contributed by atoms with Gasteiger partial charge < -0.3 is 4.74 Å². The second-order valence-electron chi connectivity index (χ2n) is 4.67. The van der Waals surface area contributed by atoms with E-state index in [1.54, 1.807) is 37.3 Å². The fourth-order valence-corrected chi connectivity index (χ4v) is 2.39. The molecule has 0 spiro atoms. The Kier molecular flexibility index (Phi) is 4.52. The van der Waals surface area contributed by atoms with Crippen molar-refractivity contribution in [1.29, 1.82) is 5.26 Å². The first-order chi connectivity index (χ1) is 10.4. The second kappa shape index (κ2) is 6.20. The van der Waals surface area contributed by atoms with Gasteiger partial charge in [-0.15, -0.1) is 5.11 Å².